The van der Waals surface area contributed by atoms with Crippen LogP contribution in [0, 0.1) is 0 Å². The molecule has 35 heavy (non-hydrogen) atoms. The third-order valence-corrected chi connectivity index (χ3v) is 6.73. The van der Waals surface area contributed by atoms with Gasteiger partial charge in [-0.15, -0.1) is 0 Å². The van der Waals surface area contributed by atoms with Crippen LogP contribution in [0.2, 0.25) is 0 Å². The number of rotatable bonds is 1. The Labute approximate surface area is 199 Å². The molecule has 0 aliphatic rings. The summed E-state index contributed by atoms with van der Waals surface area (Å²) >= 11 is 0. The van der Waals surface area contributed by atoms with Crippen LogP contribution in [-0.4, -0.2) is 24.5 Å². The van der Waals surface area contributed by atoms with E-state index in [2.05, 4.69) is 59.2 Å². The van der Waals surface area contributed by atoms with Gasteiger partial charge in [-0.25, -0.2) is 19.9 Å². The molecule has 0 spiro atoms. The zero-order valence-electron chi connectivity index (χ0n) is 18.6. The molecule has 5 aromatic carbocycles. The summed E-state index contributed by atoms with van der Waals surface area (Å²) in [7, 11) is 0. The molecule has 8 rings (SSSR count). The monoisotopic (exact) mass is 447 g/mol. The van der Waals surface area contributed by atoms with Gasteiger partial charge in [-0.05, 0) is 42.5 Å². The lowest BCUT2D eigenvalue weighted by atomic mass is 10.1. The van der Waals surface area contributed by atoms with Crippen molar-refractivity contribution in [1.29, 1.82) is 0 Å². The first kappa shape index (κ1) is 18.5. The van der Waals surface area contributed by atoms with E-state index in [9.17, 15) is 0 Å². The minimum Gasteiger partial charge on any atom is -0.307 e. The van der Waals surface area contributed by atoms with Gasteiger partial charge in [0.15, 0.2) is 0 Å². The van der Waals surface area contributed by atoms with Crippen LogP contribution in [0.25, 0.3) is 71.6 Å². The smallest absolute Gasteiger partial charge is 0.119 e. The minimum atomic E-state index is 0.760. The molecular formula is C30H17N5. The second kappa shape index (κ2) is 6.81. The molecule has 5 heteroatoms. The highest BCUT2D eigenvalue weighted by Crippen LogP contribution is 2.36. The van der Waals surface area contributed by atoms with Gasteiger partial charge in [-0.2, -0.15) is 0 Å². The molecule has 0 fully saturated rings. The Hall–Kier alpha value is -4.90. The van der Waals surface area contributed by atoms with Gasteiger partial charge >= 0.3 is 0 Å². The van der Waals surface area contributed by atoms with Gasteiger partial charge < -0.3 is 4.57 Å². The van der Waals surface area contributed by atoms with E-state index in [1.807, 2.05) is 48.5 Å². The third-order valence-electron chi connectivity index (χ3n) is 6.73. The van der Waals surface area contributed by atoms with Crippen LogP contribution in [0.5, 0.6) is 0 Å². The summed E-state index contributed by atoms with van der Waals surface area (Å²) in [6.45, 7) is 0. The quantitative estimate of drug-likeness (QED) is 0.201. The van der Waals surface area contributed by atoms with Crippen molar-refractivity contribution < 1.29 is 0 Å². The van der Waals surface area contributed by atoms with Crippen LogP contribution in [0.1, 0.15) is 0 Å². The van der Waals surface area contributed by atoms with Gasteiger partial charge in [-0.1, -0.05) is 60.7 Å². The van der Waals surface area contributed by atoms with Crippen molar-refractivity contribution in [1.82, 2.24) is 24.5 Å². The van der Waals surface area contributed by atoms with Crippen molar-refractivity contribution in [3.05, 3.63) is 103 Å². The van der Waals surface area contributed by atoms with Gasteiger partial charge in [0.05, 0.1) is 44.3 Å². The number of nitrogens with zero attached hydrogens (tertiary/aromatic N) is 5. The Balaban J connectivity index is 1.63. The van der Waals surface area contributed by atoms with Crippen molar-refractivity contribution >= 4 is 65.9 Å². The molecule has 0 aliphatic carbocycles. The summed E-state index contributed by atoms with van der Waals surface area (Å²) in [5, 5.41) is 2.41. The Morgan fingerprint density at radius 1 is 0.400 bits per heavy atom. The van der Waals surface area contributed by atoms with Gasteiger partial charge in [0.1, 0.15) is 16.6 Å². The molecular weight excluding hydrogens is 430 g/mol. The summed E-state index contributed by atoms with van der Waals surface area (Å²) in [6.07, 6.45) is 0. The van der Waals surface area contributed by atoms with Crippen molar-refractivity contribution in [2.45, 2.75) is 0 Å². The summed E-state index contributed by atoms with van der Waals surface area (Å²) < 4.78 is 2.28. The molecule has 5 nitrogen and oxygen atoms in total. The second-order valence-corrected chi connectivity index (χ2v) is 8.75. The first-order chi connectivity index (χ1) is 17.3. The predicted molar refractivity (Wildman–Crippen MR) is 142 cm³/mol. The number of para-hydroxylation sites is 6. The Morgan fingerprint density at radius 3 is 1.46 bits per heavy atom. The Morgan fingerprint density at radius 2 is 0.857 bits per heavy atom. The first-order valence-corrected chi connectivity index (χ1v) is 11.6. The maximum absolute atomic E-state index is 5.13. The fraction of sp³-hybridized carbons (Fsp3) is 0. The summed E-state index contributed by atoms with van der Waals surface area (Å²) in [4.78, 5) is 20.2. The zero-order valence-corrected chi connectivity index (χ0v) is 18.6. The molecule has 0 bridgehead atoms. The molecule has 0 unspecified atom stereocenters. The standard InChI is InChI=1S/C30H17N5/c1-7-15-25-18(9-1)19-10-2-8-16-26(19)35(25)27-17-24-28(32-21-12-4-3-11-20(21)31-24)30-29(27)33-22-13-5-6-14-23(22)34-30/h1-17H. The van der Waals surface area contributed by atoms with E-state index in [1.165, 1.54) is 10.8 Å². The van der Waals surface area contributed by atoms with Crippen molar-refractivity contribution in [2.24, 2.45) is 0 Å². The molecule has 8 aromatic rings. The first-order valence-electron chi connectivity index (χ1n) is 11.6. The molecule has 3 aromatic heterocycles. The van der Waals surface area contributed by atoms with E-state index < -0.39 is 0 Å². The van der Waals surface area contributed by atoms with Crippen molar-refractivity contribution in [3.8, 4) is 5.69 Å². The van der Waals surface area contributed by atoms with Gasteiger partial charge in [0.2, 0.25) is 0 Å². The van der Waals surface area contributed by atoms with Crippen LogP contribution in [0.15, 0.2) is 103 Å². The topological polar surface area (TPSA) is 56.5 Å². The zero-order chi connectivity index (χ0) is 22.9. The summed E-state index contributed by atoms with van der Waals surface area (Å²) in [6, 6.07) is 35.1. The predicted octanol–water partition coefficient (Wildman–Crippen LogP) is 6.98. The Bertz CT molecular complexity index is 2070. The molecule has 3 heterocycles. The minimum absolute atomic E-state index is 0.760. The molecule has 0 saturated carbocycles. The highest BCUT2D eigenvalue weighted by atomic mass is 15.0. The average molecular weight is 448 g/mol. The SMILES string of the molecule is c1ccc2nc3c(cc(-n4c5ccccc5c5ccccc54)c4nc5ccccc5nc43)nc2c1. The van der Waals surface area contributed by atoms with Crippen LogP contribution in [0.3, 0.4) is 0 Å². The van der Waals surface area contributed by atoms with E-state index in [0.29, 0.717) is 0 Å². The van der Waals surface area contributed by atoms with E-state index in [0.717, 1.165) is 60.9 Å². The van der Waals surface area contributed by atoms with Crippen LogP contribution >= 0.6 is 0 Å². The largest absolute Gasteiger partial charge is 0.307 e. The van der Waals surface area contributed by atoms with E-state index in [-0.39, 0.29) is 0 Å². The molecule has 0 amide bonds. The normalized spacial score (nSPS) is 12.0. The molecule has 0 N–H and O–H groups in total. The van der Waals surface area contributed by atoms with E-state index in [1.54, 1.807) is 0 Å². The fourth-order valence-corrected chi connectivity index (χ4v) is 5.18. The van der Waals surface area contributed by atoms with Crippen LogP contribution < -0.4 is 0 Å². The number of fused-ring (bicyclic) bond motifs is 8. The maximum Gasteiger partial charge on any atom is 0.119 e. The lowest BCUT2D eigenvalue weighted by Gasteiger charge is -2.13. The summed E-state index contributed by atoms with van der Waals surface area (Å²) in [5.41, 5.74) is 9.75. The number of hydrogen-bond acceptors (Lipinski definition) is 4. The van der Waals surface area contributed by atoms with Gasteiger partial charge in [-0.3, -0.25) is 0 Å². The van der Waals surface area contributed by atoms with Crippen LogP contribution in [0.4, 0.5) is 0 Å². The average Bonchev–Trinajstić information content (AvgIpc) is 3.25. The van der Waals surface area contributed by atoms with Crippen molar-refractivity contribution in [3.63, 3.8) is 0 Å². The van der Waals surface area contributed by atoms with Gasteiger partial charge in [0, 0.05) is 10.8 Å². The number of hydrogen-bond donors (Lipinski definition) is 0. The molecule has 0 radical (unpaired) electrons. The number of aromatic nitrogens is 5. The number of benzene rings is 5. The van der Waals surface area contributed by atoms with E-state index in [4.69, 9.17) is 19.9 Å². The third kappa shape index (κ3) is 2.58. The molecule has 0 aliphatic heterocycles. The van der Waals surface area contributed by atoms with E-state index >= 15 is 0 Å². The maximum atomic E-state index is 5.13. The lowest BCUT2D eigenvalue weighted by molar-refractivity contribution is 1.18. The van der Waals surface area contributed by atoms with Crippen LogP contribution in [-0.2, 0) is 0 Å². The molecule has 162 valence electrons. The fourth-order valence-electron chi connectivity index (χ4n) is 5.18. The highest BCUT2D eigenvalue weighted by molar-refractivity contribution is 6.13. The van der Waals surface area contributed by atoms with Gasteiger partial charge in [0.25, 0.3) is 0 Å². The molecule has 0 saturated heterocycles. The molecule has 0 atom stereocenters. The van der Waals surface area contributed by atoms with Crippen molar-refractivity contribution in [2.75, 3.05) is 0 Å². The Kier molecular flexibility index (Phi) is 3.60. The lowest BCUT2D eigenvalue weighted by Crippen LogP contribution is -2.01. The highest BCUT2D eigenvalue weighted by Gasteiger charge is 2.19. The second-order valence-electron chi connectivity index (χ2n) is 8.75. The summed E-state index contributed by atoms with van der Waals surface area (Å²) in [5.74, 6) is 0.